The van der Waals surface area contributed by atoms with Crippen LogP contribution in [-0.4, -0.2) is 176 Å². The van der Waals surface area contributed by atoms with Crippen molar-refractivity contribution in [1.82, 2.24) is 41.7 Å². The predicted octanol–water partition coefficient (Wildman–Crippen LogP) is -3.14. The summed E-state index contributed by atoms with van der Waals surface area (Å²) in [5.74, 6) is -11.5. The second-order valence-electron chi connectivity index (χ2n) is 17.7. The zero-order valence-corrected chi connectivity index (χ0v) is 39.5. The first-order valence-electron chi connectivity index (χ1n) is 23.1. The van der Waals surface area contributed by atoms with E-state index in [0.29, 0.717) is 25.7 Å². The fraction of sp³-hybridized carbons (Fsp3) is 0.744. The van der Waals surface area contributed by atoms with E-state index in [9.17, 15) is 73.2 Å². The Labute approximate surface area is 395 Å². The molecule has 2 heterocycles. The van der Waals surface area contributed by atoms with E-state index in [1.807, 2.05) is 6.92 Å². The third-order valence-electron chi connectivity index (χ3n) is 12.0. The molecule has 2 saturated heterocycles. The Kier molecular flexibility index (Phi) is 24.3. The van der Waals surface area contributed by atoms with Crippen molar-refractivity contribution in [2.75, 3.05) is 26.2 Å². The lowest BCUT2D eigenvalue weighted by Crippen LogP contribution is -2.61. The van der Waals surface area contributed by atoms with Crippen LogP contribution < -0.4 is 43.4 Å². The van der Waals surface area contributed by atoms with E-state index in [2.05, 4.69) is 31.9 Å². The summed E-state index contributed by atoms with van der Waals surface area (Å²) < 4.78 is 0. The zero-order valence-electron chi connectivity index (χ0n) is 39.5. The Morgan fingerprint density at radius 1 is 0.588 bits per heavy atom. The minimum atomic E-state index is -1.65. The number of carbonyl (C=O) groups is 11. The number of carboxylic acid groups (broad SMARTS) is 3. The van der Waals surface area contributed by atoms with E-state index >= 15 is 0 Å². The lowest BCUT2D eigenvalue weighted by molar-refractivity contribution is -0.145. The summed E-state index contributed by atoms with van der Waals surface area (Å²) in [4.78, 5) is 146. The molecule has 0 aromatic heterocycles. The summed E-state index contributed by atoms with van der Waals surface area (Å²) in [6.07, 6.45) is -0.0300. The Balaban J connectivity index is 2.26. The molecule has 2 aliphatic heterocycles. The average molecular weight is 969 g/mol. The summed E-state index contributed by atoms with van der Waals surface area (Å²) in [7, 11) is 0. The van der Waals surface area contributed by atoms with Gasteiger partial charge in [0.25, 0.3) is 0 Å². The Bertz CT molecular complexity index is 1820. The van der Waals surface area contributed by atoms with E-state index in [1.165, 1.54) is 11.8 Å². The second kappa shape index (κ2) is 28.4. The van der Waals surface area contributed by atoms with Crippen LogP contribution in [0.25, 0.3) is 0 Å². The van der Waals surface area contributed by atoms with E-state index in [4.69, 9.17) is 11.5 Å². The van der Waals surface area contributed by atoms with Crippen LogP contribution in [0.2, 0.25) is 0 Å². The number of carbonyl (C=O) groups excluding carboxylic acids is 8. The molecule has 0 aromatic rings. The molecule has 0 unspecified atom stereocenters. The molecule has 68 heavy (non-hydrogen) atoms. The number of aliphatic hydroxyl groups excluding tert-OH is 1. The lowest BCUT2D eigenvalue weighted by atomic mass is 9.97. The first-order valence-corrected chi connectivity index (χ1v) is 23.1. The second-order valence-corrected chi connectivity index (χ2v) is 17.7. The van der Waals surface area contributed by atoms with Crippen molar-refractivity contribution in [1.29, 1.82) is 0 Å². The van der Waals surface area contributed by atoms with Crippen LogP contribution in [0, 0.1) is 11.8 Å². The highest BCUT2D eigenvalue weighted by Gasteiger charge is 2.43. The normalized spacial score (nSPS) is 19.2. The maximum absolute atomic E-state index is 13.9. The van der Waals surface area contributed by atoms with Gasteiger partial charge in [-0.1, -0.05) is 34.1 Å². The number of aliphatic carboxylic acids is 3. The molecule has 0 radical (unpaired) electrons. The highest BCUT2D eigenvalue weighted by atomic mass is 16.4. The maximum atomic E-state index is 13.9. The number of nitrogens with two attached hydrogens (primary N) is 2. The SMILES string of the molecule is CC[C@H](C)[C@H](NC(=O)[C@H](C)N)C(=O)N1CCC[C@H]1C(=O)N[C@H](C(=O)N[C@@H](CO)C(=O)N1CCC[C@H]1C(=O)N[C@@H](CCC(=O)O)C(=O)N[C@@H](CCC(=O)O)C(=O)N[C@@H](CCCCN)C(=O)O)C(C)C. The number of unbranched alkanes of at least 4 members (excludes halogenated alkanes) is 1. The van der Waals surface area contributed by atoms with Crippen molar-refractivity contribution < 1.29 is 73.2 Å². The molecule has 0 aliphatic carbocycles. The number of hydrogen-bond acceptors (Lipinski definition) is 14. The van der Waals surface area contributed by atoms with Crippen LogP contribution in [0.15, 0.2) is 0 Å². The number of aliphatic hydroxyl groups is 1. The summed E-state index contributed by atoms with van der Waals surface area (Å²) >= 11 is 0. The number of hydrogen-bond donors (Lipinski definition) is 12. The largest absolute Gasteiger partial charge is 0.481 e. The van der Waals surface area contributed by atoms with Gasteiger partial charge in [0, 0.05) is 25.9 Å². The number of carboxylic acids is 3. The van der Waals surface area contributed by atoms with E-state index < -0.39 is 158 Å². The molecule has 0 bridgehead atoms. The molecule has 2 rings (SSSR count). The Morgan fingerprint density at radius 2 is 1.07 bits per heavy atom. The van der Waals surface area contributed by atoms with E-state index in [-0.39, 0.29) is 51.2 Å². The summed E-state index contributed by atoms with van der Waals surface area (Å²) in [6, 6.07) is -11.7. The van der Waals surface area contributed by atoms with Crippen LogP contribution in [0.1, 0.15) is 112 Å². The highest BCUT2D eigenvalue weighted by molar-refractivity contribution is 5.98. The van der Waals surface area contributed by atoms with Gasteiger partial charge in [-0.15, -0.1) is 0 Å². The molecule has 0 aromatic carbocycles. The van der Waals surface area contributed by atoms with E-state index in [1.54, 1.807) is 20.8 Å². The van der Waals surface area contributed by atoms with Gasteiger partial charge in [-0.2, -0.15) is 0 Å². The van der Waals surface area contributed by atoms with Gasteiger partial charge in [0.15, 0.2) is 0 Å². The first-order chi connectivity index (χ1) is 32.0. The Hall–Kier alpha value is -5.95. The lowest BCUT2D eigenvalue weighted by Gasteiger charge is -2.33. The van der Waals surface area contributed by atoms with Crippen molar-refractivity contribution in [3.8, 4) is 0 Å². The smallest absolute Gasteiger partial charge is 0.326 e. The fourth-order valence-corrected chi connectivity index (χ4v) is 7.82. The van der Waals surface area contributed by atoms with Gasteiger partial charge in [0.05, 0.1) is 12.6 Å². The molecular weight excluding hydrogens is 897 g/mol. The third kappa shape index (κ3) is 17.6. The van der Waals surface area contributed by atoms with Crippen LogP contribution >= 0.6 is 0 Å². The number of amides is 8. The quantitative estimate of drug-likeness (QED) is 0.0330. The van der Waals surface area contributed by atoms with Crippen molar-refractivity contribution in [2.45, 2.75) is 166 Å². The van der Waals surface area contributed by atoms with Gasteiger partial charge in [-0.05, 0) is 83.1 Å². The standard InChI is InChI=1S/C43H72N10O15/c1-6-23(4)34(51-35(59)24(5)45)42(66)53-20-10-13-30(53)39(63)50-33(22(2)3)40(64)49-28(21-54)41(65)52-19-9-12-29(52)38(62)47-26(15-17-32(57)58)36(60)46-25(14-16-31(55)56)37(61)48-27(43(67)68)11-7-8-18-44/h22-30,33-34,54H,6-21,44-45H2,1-5H3,(H,46,60)(H,47,62)(H,48,61)(H,49,64)(H,50,63)(H,51,59)(H,55,56)(H,57,58)(H,67,68)/t23-,24-,25-,26-,27-,28-,29-,30-,33-,34-/m0/s1. The Morgan fingerprint density at radius 3 is 1.53 bits per heavy atom. The van der Waals surface area contributed by atoms with Crippen LogP contribution in [0.4, 0.5) is 0 Å². The van der Waals surface area contributed by atoms with Crippen LogP contribution in [0.5, 0.6) is 0 Å². The first kappa shape index (κ1) is 58.2. The van der Waals surface area contributed by atoms with Gasteiger partial charge in [-0.25, -0.2) is 4.79 Å². The molecule has 25 heteroatoms. The summed E-state index contributed by atoms with van der Waals surface area (Å²) in [5.41, 5.74) is 11.2. The van der Waals surface area contributed by atoms with Crippen molar-refractivity contribution in [2.24, 2.45) is 23.3 Å². The molecule has 0 spiro atoms. The highest BCUT2D eigenvalue weighted by Crippen LogP contribution is 2.23. The molecule has 25 nitrogen and oxygen atoms in total. The molecule has 2 aliphatic rings. The van der Waals surface area contributed by atoms with Crippen LogP contribution in [-0.2, 0) is 52.7 Å². The van der Waals surface area contributed by atoms with Crippen molar-refractivity contribution in [3.63, 3.8) is 0 Å². The summed E-state index contributed by atoms with van der Waals surface area (Å²) in [6.45, 7) is 7.84. The fourth-order valence-electron chi connectivity index (χ4n) is 7.82. The number of rotatable bonds is 29. The van der Waals surface area contributed by atoms with E-state index in [0.717, 1.165) is 4.90 Å². The number of likely N-dealkylation sites (tertiary alicyclic amines) is 2. The molecule has 8 amide bonds. The molecule has 2 fully saturated rings. The monoisotopic (exact) mass is 969 g/mol. The maximum Gasteiger partial charge on any atom is 0.326 e. The number of nitrogens with one attached hydrogen (secondary N) is 6. The molecular formula is C43H72N10O15. The third-order valence-corrected chi connectivity index (χ3v) is 12.0. The minimum absolute atomic E-state index is 0.0250. The van der Waals surface area contributed by atoms with Gasteiger partial charge >= 0.3 is 17.9 Å². The molecule has 0 saturated carbocycles. The predicted molar refractivity (Wildman–Crippen MR) is 240 cm³/mol. The topological polar surface area (TPSA) is 399 Å². The van der Waals surface area contributed by atoms with Gasteiger partial charge < -0.3 is 73.6 Å². The summed E-state index contributed by atoms with van der Waals surface area (Å²) in [5, 5.41) is 53.5. The molecule has 14 N–H and O–H groups in total. The van der Waals surface area contributed by atoms with Gasteiger partial charge in [0.2, 0.25) is 47.3 Å². The molecule has 384 valence electrons. The van der Waals surface area contributed by atoms with Gasteiger partial charge in [-0.3, -0.25) is 47.9 Å². The average Bonchev–Trinajstić information content (AvgIpc) is 3.99. The number of nitrogens with zero attached hydrogens (tertiary/aromatic N) is 2. The van der Waals surface area contributed by atoms with Crippen LogP contribution in [0.3, 0.4) is 0 Å². The van der Waals surface area contributed by atoms with Crippen molar-refractivity contribution in [3.05, 3.63) is 0 Å². The minimum Gasteiger partial charge on any atom is -0.481 e. The van der Waals surface area contributed by atoms with Crippen molar-refractivity contribution >= 4 is 65.2 Å². The zero-order chi connectivity index (χ0) is 51.4. The molecule has 10 atom stereocenters. The van der Waals surface area contributed by atoms with Gasteiger partial charge in [0.1, 0.15) is 48.3 Å².